The van der Waals surface area contributed by atoms with Crippen LogP contribution in [0.25, 0.3) is 0 Å². The van der Waals surface area contributed by atoms with Gasteiger partial charge in [-0.05, 0) is 50.7 Å². The van der Waals surface area contributed by atoms with E-state index in [-0.39, 0.29) is 36.5 Å². The molecular weight excluding hydrogens is 458 g/mol. The van der Waals surface area contributed by atoms with Crippen molar-refractivity contribution in [2.75, 3.05) is 18.5 Å². The Kier molecular flexibility index (Phi) is 7.62. The van der Waals surface area contributed by atoms with Gasteiger partial charge in [0.05, 0.1) is 17.9 Å². The van der Waals surface area contributed by atoms with Gasteiger partial charge in [0.2, 0.25) is 17.7 Å². The van der Waals surface area contributed by atoms with E-state index in [9.17, 15) is 14.4 Å². The van der Waals surface area contributed by atoms with Crippen molar-refractivity contribution in [2.24, 2.45) is 11.8 Å². The SMILES string of the molecule is O=C(NC1CCCCC1)C1N(CCCCCCO)C(=O)[C@@H]2[C@H](C(=O)Nc3ccccc3)[C@@H]3CCC12O3. The molecule has 4 fully saturated rings. The molecule has 1 aromatic carbocycles. The van der Waals surface area contributed by atoms with Gasteiger partial charge in [0.15, 0.2) is 0 Å². The van der Waals surface area contributed by atoms with Gasteiger partial charge in [-0.3, -0.25) is 14.4 Å². The summed E-state index contributed by atoms with van der Waals surface area (Å²) in [6, 6.07) is 8.71. The standard InChI is InChI=1S/C28H39N3O5/c32-18-10-2-1-9-17-31-24(26(34)30-20-13-7-4-8-14-20)28-16-15-21(36-28)22(23(28)27(31)35)25(33)29-19-11-5-3-6-12-19/h3,5-6,11-12,20-24,32H,1-2,4,7-10,13-18H2,(H,29,33)(H,30,34)/t21-,22+,23-,24?,28?/m0/s1. The number of unbranched alkanes of at least 4 members (excludes halogenated alkanes) is 3. The first-order chi connectivity index (χ1) is 17.5. The number of nitrogens with one attached hydrogen (secondary N) is 2. The zero-order valence-corrected chi connectivity index (χ0v) is 21.0. The Hall–Kier alpha value is -2.45. The third-order valence-corrected chi connectivity index (χ3v) is 8.65. The number of nitrogens with zero attached hydrogens (tertiary/aromatic N) is 1. The van der Waals surface area contributed by atoms with E-state index >= 15 is 0 Å². The Labute approximate surface area is 213 Å². The summed E-state index contributed by atoms with van der Waals surface area (Å²) in [5, 5.41) is 15.3. The number of ether oxygens (including phenoxy) is 1. The Morgan fingerprint density at radius 3 is 2.50 bits per heavy atom. The molecule has 1 saturated carbocycles. The monoisotopic (exact) mass is 497 g/mol. The molecule has 3 N–H and O–H groups in total. The number of likely N-dealkylation sites (tertiary alicyclic amines) is 1. The predicted octanol–water partition coefficient (Wildman–Crippen LogP) is 3.00. The summed E-state index contributed by atoms with van der Waals surface area (Å²) < 4.78 is 6.51. The van der Waals surface area contributed by atoms with Gasteiger partial charge in [-0.1, -0.05) is 50.3 Å². The molecule has 8 nitrogen and oxygen atoms in total. The van der Waals surface area contributed by atoms with Gasteiger partial charge in [0, 0.05) is 24.9 Å². The summed E-state index contributed by atoms with van der Waals surface area (Å²) in [5.41, 5.74) is -0.248. The number of fused-ring (bicyclic) bond motifs is 1. The number of rotatable bonds is 10. The lowest BCUT2D eigenvalue weighted by Crippen LogP contribution is -2.57. The van der Waals surface area contributed by atoms with Crippen molar-refractivity contribution in [2.45, 2.75) is 94.4 Å². The molecule has 4 aliphatic rings. The van der Waals surface area contributed by atoms with Crippen LogP contribution in [-0.2, 0) is 19.1 Å². The normalized spacial score (nSPS) is 31.5. The number of hydrogen-bond acceptors (Lipinski definition) is 5. The number of aliphatic hydroxyl groups excluding tert-OH is 1. The van der Waals surface area contributed by atoms with E-state index in [0.29, 0.717) is 25.1 Å². The highest BCUT2D eigenvalue weighted by molar-refractivity contribution is 6.02. The van der Waals surface area contributed by atoms with Crippen LogP contribution in [0.3, 0.4) is 0 Å². The fourth-order valence-electron chi connectivity index (χ4n) is 7.02. The Balaban J connectivity index is 1.38. The third-order valence-electron chi connectivity index (χ3n) is 8.65. The number of carbonyl (C=O) groups is 3. The Morgan fingerprint density at radius 1 is 1.00 bits per heavy atom. The maximum atomic E-state index is 13.9. The lowest BCUT2D eigenvalue weighted by Gasteiger charge is -2.35. The lowest BCUT2D eigenvalue weighted by atomic mass is 9.70. The average Bonchev–Trinajstić information content (AvgIpc) is 3.52. The molecule has 36 heavy (non-hydrogen) atoms. The number of amides is 3. The fourth-order valence-corrected chi connectivity index (χ4v) is 7.02. The van der Waals surface area contributed by atoms with Crippen molar-refractivity contribution in [3.05, 3.63) is 30.3 Å². The first kappa shape index (κ1) is 25.2. The molecule has 5 rings (SSSR count). The van der Waals surface area contributed by atoms with Crippen LogP contribution >= 0.6 is 0 Å². The molecule has 0 radical (unpaired) electrons. The molecule has 1 spiro atoms. The second-order valence-electron chi connectivity index (χ2n) is 10.9. The largest absolute Gasteiger partial charge is 0.396 e. The zero-order chi connectivity index (χ0) is 25.1. The minimum absolute atomic E-state index is 0.127. The van der Waals surface area contributed by atoms with Crippen LogP contribution in [0, 0.1) is 11.8 Å². The van der Waals surface area contributed by atoms with E-state index in [1.165, 1.54) is 6.42 Å². The summed E-state index contributed by atoms with van der Waals surface area (Å²) in [6.07, 6.45) is 9.54. The summed E-state index contributed by atoms with van der Waals surface area (Å²) in [5.74, 6) is -1.70. The molecule has 196 valence electrons. The van der Waals surface area contributed by atoms with Crippen molar-refractivity contribution in [1.82, 2.24) is 10.2 Å². The molecule has 2 unspecified atom stereocenters. The number of carbonyl (C=O) groups excluding carboxylic acids is 3. The molecule has 1 aromatic rings. The predicted molar refractivity (Wildman–Crippen MR) is 135 cm³/mol. The average molecular weight is 498 g/mol. The van der Waals surface area contributed by atoms with E-state index in [1.807, 2.05) is 30.3 Å². The third kappa shape index (κ3) is 4.65. The highest BCUT2D eigenvalue weighted by atomic mass is 16.5. The molecule has 3 heterocycles. The highest BCUT2D eigenvalue weighted by Gasteiger charge is 2.74. The summed E-state index contributed by atoms with van der Waals surface area (Å²) in [7, 11) is 0. The van der Waals surface area contributed by atoms with Crippen LogP contribution < -0.4 is 10.6 Å². The highest BCUT2D eigenvalue weighted by Crippen LogP contribution is 2.58. The summed E-state index contributed by atoms with van der Waals surface area (Å²) in [6.45, 7) is 0.625. The molecule has 2 bridgehead atoms. The maximum absolute atomic E-state index is 13.9. The molecule has 3 aliphatic heterocycles. The number of aliphatic hydroxyl groups is 1. The van der Waals surface area contributed by atoms with Gasteiger partial charge in [-0.25, -0.2) is 0 Å². The Bertz CT molecular complexity index is 950. The number of anilines is 1. The topological polar surface area (TPSA) is 108 Å². The zero-order valence-electron chi connectivity index (χ0n) is 21.0. The van der Waals surface area contributed by atoms with Crippen LogP contribution in [0.4, 0.5) is 5.69 Å². The van der Waals surface area contributed by atoms with Crippen LogP contribution in [0.5, 0.6) is 0 Å². The Morgan fingerprint density at radius 2 is 1.75 bits per heavy atom. The quantitative estimate of drug-likeness (QED) is 0.431. The van der Waals surface area contributed by atoms with Crippen LogP contribution in [-0.4, -0.2) is 64.7 Å². The van der Waals surface area contributed by atoms with Crippen LogP contribution in [0.2, 0.25) is 0 Å². The summed E-state index contributed by atoms with van der Waals surface area (Å²) in [4.78, 5) is 42.8. The number of hydrogen-bond donors (Lipinski definition) is 3. The van der Waals surface area contributed by atoms with E-state index in [0.717, 1.165) is 51.4 Å². The van der Waals surface area contributed by atoms with Gasteiger partial charge in [0.25, 0.3) is 0 Å². The fraction of sp³-hybridized carbons (Fsp3) is 0.679. The van der Waals surface area contributed by atoms with E-state index < -0.39 is 23.5 Å². The van der Waals surface area contributed by atoms with Gasteiger partial charge in [0.1, 0.15) is 11.6 Å². The van der Waals surface area contributed by atoms with Gasteiger partial charge < -0.3 is 25.4 Å². The molecule has 5 atom stereocenters. The van der Waals surface area contributed by atoms with E-state index in [2.05, 4.69) is 10.6 Å². The maximum Gasteiger partial charge on any atom is 0.246 e. The van der Waals surface area contributed by atoms with Gasteiger partial charge in [-0.15, -0.1) is 0 Å². The van der Waals surface area contributed by atoms with Crippen LogP contribution in [0.1, 0.15) is 70.6 Å². The molecule has 1 aliphatic carbocycles. The molecule has 0 aromatic heterocycles. The number of benzene rings is 1. The minimum Gasteiger partial charge on any atom is -0.396 e. The molecular formula is C28H39N3O5. The van der Waals surface area contributed by atoms with Crippen molar-refractivity contribution < 1.29 is 24.2 Å². The summed E-state index contributed by atoms with van der Waals surface area (Å²) >= 11 is 0. The van der Waals surface area contributed by atoms with Crippen molar-refractivity contribution in [1.29, 1.82) is 0 Å². The van der Waals surface area contributed by atoms with Gasteiger partial charge in [-0.2, -0.15) is 0 Å². The second-order valence-corrected chi connectivity index (χ2v) is 10.9. The molecule has 3 saturated heterocycles. The first-order valence-corrected chi connectivity index (χ1v) is 13.8. The first-order valence-electron chi connectivity index (χ1n) is 13.8. The number of para-hydroxylation sites is 1. The van der Waals surface area contributed by atoms with Gasteiger partial charge >= 0.3 is 0 Å². The van der Waals surface area contributed by atoms with Crippen molar-refractivity contribution in [3.8, 4) is 0 Å². The molecule has 8 heteroatoms. The van der Waals surface area contributed by atoms with E-state index in [1.54, 1.807) is 4.90 Å². The van der Waals surface area contributed by atoms with Crippen molar-refractivity contribution >= 4 is 23.4 Å². The van der Waals surface area contributed by atoms with Crippen LogP contribution in [0.15, 0.2) is 30.3 Å². The second kappa shape index (κ2) is 10.9. The lowest BCUT2D eigenvalue weighted by molar-refractivity contribution is -0.142. The molecule has 3 amide bonds. The smallest absolute Gasteiger partial charge is 0.246 e. The minimum atomic E-state index is -0.940. The van der Waals surface area contributed by atoms with E-state index in [4.69, 9.17) is 9.84 Å². The van der Waals surface area contributed by atoms with Crippen molar-refractivity contribution in [3.63, 3.8) is 0 Å².